The summed E-state index contributed by atoms with van der Waals surface area (Å²) in [5, 5.41) is 28.2. The fraction of sp³-hybridized carbons (Fsp3) is 1.00. The predicted octanol–water partition coefficient (Wildman–Crippen LogP) is -1.91. The summed E-state index contributed by atoms with van der Waals surface area (Å²) >= 11 is 0. The average Bonchev–Trinajstić information content (AvgIpc) is 2.49. The predicted molar refractivity (Wildman–Crippen MR) is 45.6 cm³/mol. The Labute approximate surface area is 82.0 Å². The highest BCUT2D eigenvalue weighted by atomic mass is 16.7. The maximum absolute atomic E-state index is 9.65. The van der Waals surface area contributed by atoms with Gasteiger partial charge in [0.1, 0.15) is 24.4 Å². The lowest BCUT2D eigenvalue weighted by Crippen LogP contribution is -2.46. The molecule has 1 aliphatic heterocycles. The molecule has 1 heterocycles. The molecule has 0 aromatic heterocycles. The number of rotatable bonds is 4. The molecule has 1 saturated heterocycles. The SMILES string of the molecule is COC(OC)[C@@H](O)[C@@H]1OC[C@H](O)[C@H]1O. The van der Waals surface area contributed by atoms with Crippen molar-refractivity contribution in [1.82, 2.24) is 0 Å². The number of methoxy groups -OCH3 is 2. The molecule has 0 aliphatic carbocycles. The van der Waals surface area contributed by atoms with Crippen LogP contribution in [0.3, 0.4) is 0 Å². The molecule has 14 heavy (non-hydrogen) atoms. The topological polar surface area (TPSA) is 88.4 Å². The summed E-state index contributed by atoms with van der Waals surface area (Å²) in [5.41, 5.74) is 0. The second kappa shape index (κ2) is 5.01. The quantitative estimate of drug-likeness (QED) is 0.467. The van der Waals surface area contributed by atoms with Crippen LogP contribution >= 0.6 is 0 Å². The van der Waals surface area contributed by atoms with E-state index in [4.69, 9.17) is 14.2 Å². The van der Waals surface area contributed by atoms with E-state index in [1.54, 1.807) is 0 Å². The van der Waals surface area contributed by atoms with Crippen LogP contribution in [0, 0.1) is 0 Å². The molecule has 1 fully saturated rings. The van der Waals surface area contributed by atoms with Gasteiger partial charge in [-0.25, -0.2) is 0 Å². The Morgan fingerprint density at radius 1 is 1.29 bits per heavy atom. The van der Waals surface area contributed by atoms with Crippen molar-refractivity contribution in [3.63, 3.8) is 0 Å². The van der Waals surface area contributed by atoms with Crippen LogP contribution in [0.4, 0.5) is 0 Å². The molecule has 0 aromatic rings. The van der Waals surface area contributed by atoms with Gasteiger partial charge in [0.2, 0.25) is 0 Å². The Bertz CT molecular complexity index is 171. The number of aliphatic hydroxyl groups is 3. The first-order chi connectivity index (χ1) is 6.61. The van der Waals surface area contributed by atoms with Crippen molar-refractivity contribution >= 4 is 0 Å². The molecule has 1 aliphatic rings. The van der Waals surface area contributed by atoms with Gasteiger partial charge in [0.05, 0.1) is 6.61 Å². The Morgan fingerprint density at radius 3 is 2.21 bits per heavy atom. The van der Waals surface area contributed by atoms with E-state index in [0.29, 0.717) is 0 Å². The van der Waals surface area contributed by atoms with Crippen LogP contribution < -0.4 is 0 Å². The fourth-order valence-electron chi connectivity index (χ4n) is 1.46. The molecule has 3 N–H and O–H groups in total. The summed E-state index contributed by atoms with van der Waals surface area (Å²) in [5.74, 6) is 0. The third-order valence-corrected chi connectivity index (χ3v) is 2.27. The summed E-state index contributed by atoms with van der Waals surface area (Å²) < 4.78 is 14.6. The minimum absolute atomic E-state index is 0.00302. The summed E-state index contributed by atoms with van der Waals surface area (Å²) in [6, 6.07) is 0. The smallest absolute Gasteiger partial charge is 0.185 e. The molecule has 0 unspecified atom stereocenters. The van der Waals surface area contributed by atoms with Crippen molar-refractivity contribution in [3.8, 4) is 0 Å². The van der Waals surface area contributed by atoms with E-state index in [2.05, 4.69) is 0 Å². The van der Waals surface area contributed by atoms with Crippen LogP contribution in [0.1, 0.15) is 0 Å². The van der Waals surface area contributed by atoms with Gasteiger partial charge in [-0.1, -0.05) is 0 Å². The Morgan fingerprint density at radius 2 is 1.86 bits per heavy atom. The summed E-state index contributed by atoms with van der Waals surface area (Å²) in [6.07, 6.45) is -4.96. The van der Waals surface area contributed by atoms with Crippen molar-refractivity contribution in [1.29, 1.82) is 0 Å². The van der Waals surface area contributed by atoms with Crippen molar-refractivity contribution in [2.24, 2.45) is 0 Å². The van der Waals surface area contributed by atoms with Crippen LogP contribution in [0.2, 0.25) is 0 Å². The van der Waals surface area contributed by atoms with E-state index in [1.165, 1.54) is 14.2 Å². The third kappa shape index (κ3) is 2.22. The number of hydrogen-bond donors (Lipinski definition) is 3. The monoisotopic (exact) mass is 208 g/mol. The van der Waals surface area contributed by atoms with Crippen molar-refractivity contribution < 1.29 is 29.5 Å². The minimum atomic E-state index is -1.13. The lowest BCUT2D eigenvalue weighted by molar-refractivity contribution is -0.201. The van der Waals surface area contributed by atoms with Gasteiger partial charge in [-0.2, -0.15) is 0 Å². The maximum atomic E-state index is 9.65. The van der Waals surface area contributed by atoms with Crippen molar-refractivity contribution in [2.45, 2.75) is 30.7 Å². The van der Waals surface area contributed by atoms with E-state index in [0.717, 1.165) is 0 Å². The molecule has 4 atom stereocenters. The van der Waals surface area contributed by atoms with E-state index < -0.39 is 30.7 Å². The van der Waals surface area contributed by atoms with Crippen LogP contribution in [-0.2, 0) is 14.2 Å². The fourth-order valence-corrected chi connectivity index (χ4v) is 1.46. The summed E-state index contributed by atoms with van der Waals surface area (Å²) in [4.78, 5) is 0. The molecule has 6 heteroatoms. The summed E-state index contributed by atoms with van der Waals surface area (Å²) in [7, 11) is 2.74. The number of aliphatic hydroxyl groups excluding tert-OH is 3. The van der Waals surface area contributed by atoms with Crippen LogP contribution in [0.15, 0.2) is 0 Å². The first kappa shape index (κ1) is 11.8. The van der Waals surface area contributed by atoms with E-state index >= 15 is 0 Å². The molecule has 0 aromatic carbocycles. The molecule has 0 radical (unpaired) electrons. The van der Waals surface area contributed by atoms with Crippen LogP contribution in [0.25, 0.3) is 0 Å². The lowest BCUT2D eigenvalue weighted by Gasteiger charge is -2.26. The Kier molecular flexibility index (Phi) is 4.24. The Balaban J connectivity index is 2.55. The molecule has 0 amide bonds. The van der Waals surface area contributed by atoms with Gasteiger partial charge in [0, 0.05) is 14.2 Å². The normalized spacial score (nSPS) is 35.1. The average molecular weight is 208 g/mol. The molecule has 6 nitrogen and oxygen atoms in total. The minimum Gasteiger partial charge on any atom is -0.388 e. The van der Waals surface area contributed by atoms with Gasteiger partial charge >= 0.3 is 0 Å². The zero-order valence-corrected chi connectivity index (χ0v) is 8.16. The first-order valence-corrected chi connectivity index (χ1v) is 4.33. The zero-order chi connectivity index (χ0) is 10.7. The van der Waals surface area contributed by atoms with Gasteiger partial charge < -0.3 is 29.5 Å². The van der Waals surface area contributed by atoms with Crippen LogP contribution in [0.5, 0.6) is 0 Å². The third-order valence-electron chi connectivity index (χ3n) is 2.27. The molecule has 0 spiro atoms. The molecular weight excluding hydrogens is 192 g/mol. The number of ether oxygens (including phenoxy) is 3. The lowest BCUT2D eigenvalue weighted by atomic mass is 10.1. The van der Waals surface area contributed by atoms with E-state index in [-0.39, 0.29) is 6.61 Å². The molecule has 0 saturated carbocycles. The molecule has 84 valence electrons. The van der Waals surface area contributed by atoms with Gasteiger partial charge in [0.25, 0.3) is 0 Å². The van der Waals surface area contributed by atoms with E-state index in [1.807, 2.05) is 0 Å². The van der Waals surface area contributed by atoms with Gasteiger partial charge in [0.15, 0.2) is 6.29 Å². The standard InChI is InChI=1S/C8H16O6/c1-12-8(13-2)6(11)7-5(10)4(9)3-14-7/h4-11H,3H2,1-2H3/t4-,5+,6-,7+/m0/s1. The maximum Gasteiger partial charge on any atom is 0.185 e. The second-order valence-electron chi connectivity index (χ2n) is 3.19. The largest absolute Gasteiger partial charge is 0.388 e. The second-order valence-corrected chi connectivity index (χ2v) is 3.19. The summed E-state index contributed by atoms with van der Waals surface area (Å²) in [6.45, 7) is 0.00302. The highest BCUT2D eigenvalue weighted by Crippen LogP contribution is 2.20. The van der Waals surface area contributed by atoms with Crippen molar-refractivity contribution in [2.75, 3.05) is 20.8 Å². The number of hydrogen-bond acceptors (Lipinski definition) is 6. The Hall–Kier alpha value is -0.240. The molecule has 1 rings (SSSR count). The highest BCUT2D eigenvalue weighted by molar-refractivity contribution is 4.89. The first-order valence-electron chi connectivity index (χ1n) is 4.33. The zero-order valence-electron chi connectivity index (χ0n) is 8.16. The van der Waals surface area contributed by atoms with E-state index in [9.17, 15) is 15.3 Å². The van der Waals surface area contributed by atoms with Gasteiger partial charge in [-0.15, -0.1) is 0 Å². The van der Waals surface area contributed by atoms with Gasteiger partial charge in [-0.3, -0.25) is 0 Å². The molecular formula is C8H16O6. The van der Waals surface area contributed by atoms with Crippen molar-refractivity contribution in [3.05, 3.63) is 0 Å². The van der Waals surface area contributed by atoms with Gasteiger partial charge in [-0.05, 0) is 0 Å². The van der Waals surface area contributed by atoms with Crippen LogP contribution in [-0.4, -0.2) is 66.9 Å². The molecule has 0 bridgehead atoms. The highest BCUT2D eigenvalue weighted by Gasteiger charge is 2.42.